The van der Waals surface area contributed by atoms with Gasteiger partial charge in [0.1, 0.15) is 11.6 Å². The first-order valence-electron chi connectivity index (χ1n) is 9.54. The fourth-order valence-electron chi connectivity index (χ4n) is 3.66. The Hall–Kier alpha value is -3.46. The lowest BCUT2D eigenvalue weighted by Gasteiger charge is -2.13. The standard InChI is InChI=1S/C24H16IN3O3/c1-31-16-9-7-15(8-10-16)28-22(26-21-11-6-14(25)12-19(21)24(28)30)13-18-17-4-2-3-5-20(17)27-23(18)29/h2-13H,1H3,(H,27,29)/b18-13-. The maximum atomic E-state index is 13.5. The summed E-state index contributed by atoms with van der Waals surface area (Å²) in [5, 5.41) is 3.38. The summed E-state index contributed by atoms with van der Waals surface area (Å²) in [5.74, 6) is 0.842. The zero-order valence-corrected chi connectivity index (χ0v) is 18.6. The number of aromatic nitrogens is 2. The van der Waals surface area contributed by atoms with Gasteiger partial charge in [-0.3, -0.25) is 14.2 Å². The zero-order chi connectivity index (χ0) is 21.5. The lowest BCUT2D eigenvalue weighted by Crippen LogP contribution is -2.22. The Kier molecular flexibility index (Phi) is 4.82. The molecule has 1 N–H and O–H groups in total. The minimum atomic E-state index is -0.223. The molecule has 0 unspecified atom stereocenters. The third-order valence-corrected chi connectivity index (χ3v) is 5.84. The lowest BCUT2D eigenvalue weighted by molar-refractivity contribution is -0.110. The number of halogens is 1. The number of para-hydroxylation sites is 1. The van der Waals surface area contributed by atoms with E-state index in [1.807, 2.05) is 42.5 Å². The molecule has 1 aliphatic heterocycles. The highest BCUT2D eigenvalue weighted by molar-refractivity contribution is 14.1. The molecule has 5 rings (SSSR count). The molecule has 1 aromatic heterocycles. The van der Waals surface area contributed by atoms with E-state index < -0.39 is 0 Å². The number of carbonyl (C=O) groups excluding carboxylic acids is 1. The van der Waals surface area contributed by atoms with E-state index in [0.29, 0.717) is 33.7 Å². The summed E-state index contributed by atoms with van der Waals surface area (Å²) in [4.78, 5) is 30.9. The van der Waals surface area contributed by atoms with Gasteiger partial charge in [-0.15, -0.1) is 0 Å². The van der Waals surface area contributed by atoms with Gasteiger partial charge in [0.05, 0.1) is 29.3 Å². The number of anilines is 1. The topological polar surface area (TPSA) is 73.2 Å². The third-order valence-electron chi connectivity index (χ3n) is 5.17. The van der Waals surface area contributed by atoms with Crippen molar-refractivity contribution in [1.29, 1.82) is 0 Å². The van der Waals surface area contributed by atoms with Crippen LogP contribution in [0.2, 0.25) is 0 Å². The second-order valence-corrected chi connectivity index (χ2v) is 8.27. The molecule has 0 bridgehead atoms. The van der Waals surface area contributed by atoms with Crippen LogP contribution in [0, 0.1) is 3.57 Å². The van der Waals surface area contributed by atoms with Crippen LogP contribution in [0.1, 0.15) is 11.4 Å². The Morgan fingerprint density at radius 3 is 2.58 bits per heavy atom. The summed E-state index contributed by atoms with van der Waals surface area (Å²) in [7, 11) is 1.59. The Balaban J connectivity index is 1.80. The SMILES string of the molecule is COc1ccc(-n2c(/C=C3\C(=O)Nc4ccccc43)nc3ccc(I)cc3c2=O)cc1. The highest BCUT2D eigenvalue weighted by Gasteiger charge is 2.24. The van der Waals surface area contributed by atoms with Crippen molar-refractivity contribution in [2.75, 3.05) is 12.4 Å². The molecular weight excluding hydrogens is 505 g/mol. The van der Waals surface area contributed by atoms with Gasteiger partial charge < -0.3 is 10.1 Å². The molecule has 31 heavy (non-hydrogen) atoms. The quantitative estimate of drug-likeness (QED) is 0.319. The summed E-state index contributed by atoms with van der Waals surface area (Å²) in [6, 6.07) is 20.2. The second kappa shape index (κ2) is 7.66. The average molecular weight is 521 g/mol. The second-order valence-electron chi connectivity index (χ2n) is 7.03. The highest BCUT2D eigenvalue weighted by Crippen LogP contribution is 2.32. The molecule has 7 heteroatoms. The molecule has 0 saturated heterocycles. The lowest BCUT2D eigenvalue weighted by atomic mass is 10.1. The summed E-state index contributed by atoms with van der Waals surface area (Å²) in [5.41, 5.74) is 3.01. The van der Waals surface area contributed by atoms with E-state index in [-0.39, 0.29) is 11.5 Å². The van der Waals surface area contributed by atoms with E-state index in [0.717, 1.165) is 14.8 Å². The molecule has 6 nitrogen and oxygen atoms in total. The molecule has 0 atom stereocenters. The fraction of sp³-hybridized carbons (Fsp3) is 0.0417. The smallest absolute Gasteiger partial charge is 0.266 e. The van der Waals surface area contributed by atoms with Gasteiger partial charge in [-0.1, -0.05) is 18.2 Å². The van der Waals surface area contributed by atoms with Gasteiger partial charge in [-0.05, 0) is 77.2 Å². The molecule has 3 aromatic carbocycles. The first-order chi connectivity index (χ1) is 15.0. The number of ether oxygens (including phenoxy) is 1. The fourth-order valence-corrected chi connectivity index (χ4v) is 4.16. The summed E-state index contributed by atoms with van der Waals surface area (Å²) in [6.07, 6.45) is 1.67. The molecule has 152 valence electrons. The number of amides is 1. The number of fused-ring (bicyclic) bond motifs is 2. The van der Waals surface area contributed by atoms with E-state index in [1.54, 1.807) is 37.5 Å². The van der Waals surface area contributed by atoms with E-state index in [1.165, 1.54) is 4.57 Å². The number of methoxy groups -OCH3 is 1. The maximum absolute atomic E-state index is 13.5. The van der Waals surface area contributed by atoms with Crippen molar-refractivity contribution in [1.82, 2.24) is 9.55 Å². The third kappa shape index (κ3) is 3.40. The first-order valence-corrected chi connectivity index (χ1v) is 10.6. The maximum Gasteiger partial charge on any atom is 0.266 e. The zero-order valence-electron chi connectivity index (χ0n) is 16.4. The van der Waals surface area contributed by atoms with Crippen LogP contribution >= 0.6 is 22.6 Å². The van der Waals surface area contributed by atoms with Gasteiger partial charge in [0.15, 0.2) is 0 Å². The predicted molar refractivity (Wildman–Crippen MR) is 130 cm³/mol. The molecule has 0 fully saturated rings. The number of nitrogens with zero attached hydrogens (tertiary/aromatic N) is 2. The molecular formula is C24H16IN3O3. The first kappa shape index (κ1) is 19.5. The summed E-state index contributed by atoms with van der Waals surface area (Å²) < 4.78 is 7.72. The van der Waals surface area contributed by atoms with Gasteiger partial charge in [0.2, 0.25) is 0 Å². The molecule has 4 aromatic rings. The molecule has 0 spiro atoms. The van der Waals surface area contributed by atoms with E-state index in [9.17, 15) is 9.59 Å². The van der Waals surface area contributed by atoms with Crippen LogP contribution in [-0.4, -0.2) is 22.6 Å². The Bertz CT molecular complexity index is 1440. The number of benzene rings is 3. The van der Waals surface area contributed by atoms with Gasteiger partial charge in [-0.2, -0.15) is 0 Å². The number of carbonyl (C=O) groups is 1. The van der Waals surface area contributed by atoms with Gasteiger partial charge in [-0.25, -0.2) is 4.98 Å². The minimum Gasteiger partial charge on any atom is -0.497 e. The Morgan fingerprint density at radius 2 is 1.81 bits per heavy atom. The van der Waals surface area contributed by atoms with E-state index >= 15 is 0 Å². The molecule has 0 aliphatic carbocycles. The average Bonchev–Trinajstić information content (AvgIpc) is 3.10. The minimum absolute atomic E-state index is 0.202. The van der Waals surface area contributed by atoms with Crippen LogP contribution < -0.4 is 15.6 Å². The molecule has 1 amide bonds. The summed E-state index contributed by atoms with van der Waals surface area (Å²) >= 11 is 2.17. The van der Waals surface area contributed by atoms with Crippen molar-refractivity contribution in [3.05, 3.63) is 92.0 Å². The number of nitrogens with one attached hydrogen (secondary N) is 1. The van der Waals surface area contributed by atoms with Gasteiger partial charge >= 0.3 is 0 Å². The molecule has 0 radical (unpaired) electrons. The van der Waals surface area contributed by atoms with Crippen molar-refractivity contribution in [2.45, 2.75) is 0 Å². The molecule has 1 aliphatic rings. The molecule has 0 saturated carbocycles. The van der Waals surface area contributed by atoms with Crippen LogP contribution in [0.15, 0.2) is 71.5 Å². The monoisotopic (exact) mass is 521 g/mol. The van der Waals surface area contributed by atoms with Crippen LogP contribution in [0.5, 0.6) is 5.75 Å². The number of rotatable bonds is 3. The Labute approximate surface area is 191 Å². The number of hydrogen-bond acceptors (Lipinski definition) is 4. The Morgan fingerprint density at radius 1 is 1.03 bits per heavy atom. The van der Waals surface area contributed by atoms with Gasteiger partial charge in [0, 0.05) is 14.8 Å². The van der Waals surface area contributed by atoms with Crippen molar-refractivity contribution in [3.8, 4) is 11.4 Å². The van der Waals surface area contributed by atoms with E-state index in [2.05, 4.69) is 27.9 Å². The summed E-state index contributed by atoms with van der Waals surface area (Å²) in [6.45, 7) is 0. The van der Waals surface area contributed by atoms with Crippen molar-refractivity contribution in [2.24, 2.45) is 0 Å². The predicted octanol–water partition coefficient (Wildman–Crippen LogP) is 4.49. The van der Waals surface area contributed by atoms with Crippen molar-refractivity contribution >= 4 is 56.7 Å². The largest absolute Gasteiger partial charge is 0.497 e. The van der Waals surface area contributed by atoms with Crippen molar-refractivity contribution in [3.63, 3.8) is 0 Å². The van der Waals surface area contributed by atoms with Crippen molar-refractivity contribution < 1.29 is 9.53 Å². The van der Waals surface area contributed by atoms with Crippen LogP contribution in [-0.2, 0) is 4.79 Å². The number of hydrogen-bond donors (Lipinski definition) is 1. The highest BCUT2D eigenvalue weighted by atomic mass is 127. The molecule has 2 heterocycles. The van der Waals surface area contributed by atoms with Crippen LogP contribution in [0.25, 0.3) is 28.2 Å². The van der Waals surface area contributed by atoms with Crippen LogP contribution in [0.3, 0.4) is 0 Å². The van der Waals surface area contributed by atoms with Crippen LogP contribution in [0.4, 0.5) is 5.69 Å². The van der Waals surface area contributed by atoms with E-state index in [4.69, 9.17) is 9.72 Å². The normalized spacial score (nSPS) is 14.0. The van der Waals surface area contributed by atoms with Gasteiger partial charge in [0.25, 0.3) is 11.5 Å².